The van der Waals surface area contributed by atoms with Crippen molar-refractivity contribution in [3.05, 3.63) is 0 Å². The zero-order valence-electron chi connectivity index (χ0n) is 13.3. The molecule has 20 heavy (non-hydrogen) atoms. The van der Waals surface area contributed by atoms with Crippen LogP contribution in [0.5, 0.6) is 0 Å². The molecule has 0 bridgehead atoms. The highest BCUT2D eigenvalue weighted by molar-refractivity contribution is 4.97. The number of rotatable bonds is 8. The Morgan fingerprint density at radius 2 is 1.90 bits per heavy atom. The van der Waals surface area contributed by atoms with Crippen LogP contribution in [-0.2, 0) is 14.2 Å². The number of ether oxygens (including phenoxy) is 3. The minimum absolute atomic E-state index is 0.134. The average Bonchev–Trinajstić information content (AvgIpc) is 2.43. The van der Waals surface area contributed by atoms with E-state index in [0.29, 0.717) is 19.1 Å². The minimum Gasteiger partial charge on any atom is -0.375 e. The molecule has 4 heteroatoms. The molecule has 0 radical (unpaired) electrons. The van der Waals surface area contributed by atoms with Crippen molar-refractivity contribution in [3.63, 3.8) is 0 Å². The molecule has 2 aliphatic rings. The van der Waals surface area contributed by atoms with Gasteiger partial charge in [0.1, 0.15) is 0 Å². The van der Waals surface area contributed by atoms with Crippen molar-refractivity contribution in [2.24, 2.45) is 5.92 Å². The fraction of sp³-hybridized carbons (Fsp3) is 1.00. The van der Waals surface area contributed by atoms with Crippen molar-refractivity contribution in [3.8, 4) is 0 Å². The SMILES string of the molecule is CCNC(C1CCOC2(CCC2)C1)C(OCC)OCC. The van der Waals surface area contributed by atoms with Gasteiger partial charge in [0, 0.05) is 19.8 Å². The summed E-state index contributed by atoms with van der Waals surface area (Å²) in [5, 5.41) is 3.60. The van der Waals surface area contributed by atoms with Gasteiger partial charge in [-0.05, 0) is 58.4 Å². The third kappa shape index (κ3) is 3.73. The van der Waals surface area contributed by atoms with E-state index in [0.717, 1.165) is 26.0 Å². The van der Waals surface area contributed by atoms with E-state index in [4.69, 9.17) is 14.2 Å². The second-order valence-corrected chi connectivity index (χ2v) is 6.00. The predicted octanol–water partition coefficient (Wildman–Crippen LogP) is 2.71. The van der Waals surface area contributed by atoms with E-state index in [2.05, 4.69) is 12.2 Å². The highest BCUT2D eigenvalue weighted by Crippen LogP contribution is 2.45. The molecule has 0 aromatic rings. The van der Waals surface area contributed by atoms with Gasteiger partial charge in [0.25, 0.3) is 0 Å². The van der Waals surface area contributed by atoms with Crippen LogP contribution in [0.4, 0.5) is 0 Å². The molecule has 2 fully saturated rings. The van der Waals surface area contributed by atoms with E-state index in [1.54, 1.807) is 0 Å². The van der Waals surface area contributed by atoms with E-state index in [-0.39, 0.29) is 17.9 Å². The van der Waals surface area contributed by atoms with Crippen molar-refractivity contribution >= 4 is 0 Å². The molecule has 118 valence electrons. The summed E-state index contributed by atoms with van der Waals surface area (Å²) in [5.41, 5.74) is 0.180. The normalized spacial score (nSPS) is 26.7. The fourth-order valence-electron chi connectivity index (χ4n) is 3.60. The van der Waals surface area contributed by atoms with E-state index in [9.17, 15) is 0 Å². The number of likely N-dealkylation sites (N-methyl/N-ethyl adjacent to an activating group) is 1. The molecule has 1 N–H and O–H groups in total. The number of nitrogens with one attached hydrogen (secondary N) is 1. The Balaban J connectivity index is 2.01. The lowest BCUT2D eigenvalue weighted by Crippen LogP contribution is -2.54. The maximum absolute atomic E-state index is 6.05. The van der Waals surface area contributed by atoms with Crippen LogP contribution in [-0.4, -0.2) is 44.3 Å². The highest BCUT2D eigenvalue weighted by Gasteiger charge is 2.45. The van der Waals surface area contributed by atoms with Crippen molar-refractivity contribution in [1.29, 1.82) is 0 Å². The van der Waals surface area contributed by atoms with Gasteiger partial charge in [-0.15, -0.1) is 0 Å². The molecule has 0 aromatic heterocycles. The average molecular weight is 285 g/mol. The van der Waals surface area contributed by atoms with Crippen molar-refractivity contribution in [1.82, 2.24) is 5.32 Å². The third-order valence-electron chi connectivity index (χ3n) is 4.70. The largest absolute Gasteiger partial charge is 0.375 e. The molecule has 4 nitrogen and oxygen atoms in total. The summed E-state index contributed by atoms with van der Waals surface area (Å²) in [4.78, 5) is 0. The maximum atomic E-state index is 6.05. The van der Waals surface area contributed by atoms with Crippen LogP contribution in [0.15, 0.2) is 0 Å². The third-order valence-corrected chi connectivity index (χ3v) is 4.70. The second kappa shape index (κ2) is 7.74. The first-order chi connectivity index (χ1) is 9.74. The van der Waals surface area contributed by atoms with Gasteiger partial charge >= 0.3 is 0 Å². The molecule has 0 aromatic carbocycles. The van der Waals surface area contributed by atoms with Crippen LogP contribution >= 0.6 is 0 Å². The van der Waals surface area contributed by atoms with Gasteiger partial charge in [-0.1, -0.05) is 6.92 Å². The summed E-state index contributed by atoms with van der Waals surface area (Å²) in [7, 11) is 0. The number of hydrogen-bond acceptors (Lipinski definition) is 4. The smallest absolute Gasteiger partial charge is 0.172 e. The topological polar surface area (TPSA) is 39.7 Å². The van der Waals surface area contributed by atoms with Gasteiger partial charge in [0.2, 0.25) is 0 Å². The van der Waals surface area contributed by atoms with E-state index in [1.165, 1.54) is 19.3 Å². The molecule has 0 amide bonds. The van der Waals surface area contributed by atoms with Crippen molar-refractivity contribution < 1.29 is 14.2 Å². The molecule has 1 aliphatic heterocycles. The first-order valence-corrected chi connectivity index (χ1v) is 8.35. The molecule has 1 aliphatic carbocycles. The van der Waals surface area contributed by atoms with Gasteiger partial charge in [-0.25, -0.2) is 0 Å². The molecule has 2 unspecified atom stereocenters. The molecular formula is C16H31NO3. The van der Waals surface area contributed by atoms with Crippen LogP contribution in [0.1, 0.15) is 52.9 Å². The Hall–Kier alpha value is -0.160. The fourth-order valence-corrected chi connectivity index (χ4v) is 3.60. The van der Waals surface area contributed by atoms with Gasteiger partial charge < -0.3 is 19.5 Å². The second-order valence-electron chi connectivity index (χ2n) is 6.00. The van der Waals surface area contributed by atoms with Crippen LogP contribution in [0, 0.1) is 5.92 Å². The van der Waals surface area contributed by atoms with Crippen LogP contribution in [0.25, 0.3) is 0 Å². The molecule has 1 heterocycles. The van der Waals surface area contributed by atoms with Crippen LogP contribution in [0.3, 0.4) is 0 Å². The van der Waals surface area contributed by atoms with E-state index < -0.39 is 0 Å². The minimum atomic E-state index is -0.134. The Labute approximate surface area is 123 Å². The molecule has 2 rings (SSSR count). The summed E-state index contributed by atoms with van der Waals surface area (Å²) in [6.07, 6.45) is 5.91. The van der Waals surface area contributed by atoms with Gasteiger partial charge in [-0.2, -0.15) is 0 Å². The Morgan fingerprint density at radius 3 is 2.40 bits per heavy atom. The van der Waals surface area contributed by atoms with Crippen LogP contribution in [0.2, 0.25) is 0 Å². The predicted molar refractivity (Wildman–Crippen MR) is 79.8 cm³/mol. The van der Waals surface area contributed by atoms with Gasteiger partial charge in [-0.3, -0.25) is 0 Å². The first kappa shape index (κ1) is 16.2. The van der Waals surface area contributed by atoms with E-state index in [1.807, 2.05) is 13.8 Å². The summed E-state index contributed by atoms with van der Waals surface area (Å²) in [6, 6.07) is 0.279. The molecular weight excluding hydrogens is 254 g/mol. The maximum Gasteiger partial charge on any atom is 0.172 e. The molecule has 1 saturated heterocycles. The van der Waals surface area contributed by atoms with Crippen molar-refractivity contribution in [2.45, 2.75) is 70.8 Å². The van der Waals surface area contributed by atoms with Gasteiger partial charge in [0.05, 0.1) is 11.6 Å². The number of hydrogen-bond donors (Lipinski definition) is 1. The van der Waals surface area contributed by atoms with Crippen molar-refractivity contribution in [2.75, 3.05) is 26.4 Å². The lowest BCUT2D eigenvalue weighted by Gasteiger charge is -2.49. The molecule has 1 spiro atoms. The monoisotopic (exact) mass is 285 g/mol. The zero-order chi connectivity index (χ0) is 14.4. The zero-order valence-corrected chi connectivity index (χ0v) is 13.3. The first-order valence-electron chi connectivity index (χ1n) is 8.35. The summed E-state index contributed by atoms with van der Waals surface area (Å²) >= 11 is 0. The van der Waals surface area contributed by atoms with E-state index >= 15 is 0 Å². The summed E-state index contributed by atoms with van der Waals surface area (Å²) in [5.74, 6) is 0.590. The molecule has 2 atom stereocenters. The lowest BCUT2D eigenvalue weighted by atomic mass is 9.70. The lowest BCUT2D eigenvalue weighted by molar-refractivity contribution is -0.189. The van der Waals surface area contributed by atoms with Crippen LogP contribution < -0.4 is 5.32 Å². The summed E-state index contributed by atoms with van der Waals surface area (Å²) in [6.45, 7) is 9.45. The van der Waals surface area contributed by atoms with Gasteiger partial charge in [0.15, 0.2) is 6.29 Å². The Bertz CT molecular complexity index is 275. The summed E-state index contributed by atoms with van der Waals surface area (Å²) < 4.78 is 17.7. The standard InChI is InChI=1S/C16H31NO3/c1-4-17-14(15(18-5-2)19-6-3)13-8-11-20-16(12-13)9-7-10-16/h13-15,17H,4-12H2,1-3H3. The quantitative estimate of drug-likeness (QED) is 0.696. The Morgan fingerprint density at radius 1 is 1.20 bits per heavy atom. The molecule has 1 saturated carbocycles. The highest BCUT2D eigenvalue weighted by atomic mass is 16.7. The Kier molecular flexibility index (Phi) is 6.27.